The van der Waals surface area contributed by atoms with Crippen LogP contribution < -0.4 is 5.32 Å². The minimum atomic E-state index is -1.71. The van der Waals surface area contributed by atoms with Crippen LogP contribution in [0.2, 0.25) is 0 Å². The van der Waals surface area contributed by atoms with E-state index in [0.29, 0.717) is 5.17 Å². The first-order valence-electron chi connectivity index (χ1n) is 5.47. The molecule has 3 N–H and O–H groups in total. The van der Waals surface area contributed by atoms with Gasteiger partial charge in [-0.05, 0) is 13.8 Å². The highest BCUT2D eigenvalue weighted by Crippen LogP contribution is 2.39. The Kier molecular flexibility index (Phi) is 3.37. The number of aliphatic hydroxyl groups is 2. The van der Waals surface area contributed by atoms with Crippen molar-refractivity contribution in [1.82, 2.24) is 5.32 Å². The number of aliphatic hydroxyl groups excluding tert-OH is 2. The molecule has 17 heavy (non-hydrogen) atoms. The molecule has 7 heteroatoms. The number of nitrogens with one attached hydrogen (secondary N) is 1. The highest BCUT2D eigenvalue weighted by atomic mass is 32.2. The molecule has 0 aliphatic carbocycles. The Morgan fingerprint density at radius 2 is 2.06 bits per heavy atom. The molecule has 5 nitrogen and oxygen atoms in total. The molecule has 2 rings (SSSR count). The molecule has 5 atom stereocenters. The number of amidine groups is 1. The SMILES string of the molecule is CNC1=N[C@@H]2[C@@H](O)[C@H](O)[C@@H](C(C)(C)F)O[C@@H]2S1. The first-order valence-corrected chi connectivity index (χ1v) is 6.35. The van der Waals surface area contributed by atoms with Crippen molar-refractivity contribution in [3.8, 4) is 0 Å². The van der Waals surface area contributed by atoms with Crippen molar-refractivity contribution in [2.24, 2.45) is 4.99 Å². The number of alkyl halides is 1. The number of halogens is 1. The van der Waals surface area contributed by atoms with E-state index < -0.39 is 35.5 Å². The maximum absolute atomic E-state index is 13.9. The van der Waals surface area contributed by atoms with Gasteiger partial charge in [-0.15, -0.1) is 0 Å². The van der Waals surface area contributed by atoms with Crippen LogP contribution in [0.5, 0.6) is 0 Å². The smallest absolute Gasteiger partial charge is 0.159 e. The Hall–Kier alpha value is -0.370. The zero-order valence-electron chi connectivity index (χ0n) is 9.92. The van der Waals surface area contributed by atoms with Crippen molar-refractivity contribution in [1.29, 1.82) is 0 Å². The fourth-order valence-electron chi connectivity index (χ4n) is 2.05. The van der Waals surface area contributed by atoms with Crippen molar-refractivity contribution in [3.05, 3.63) is 0 Å². The minimum absolute atomic E-state index is 0.448. The zero-order valence-corrected chi connectivity index (χ0v) is 10.7. The van der Waals surface area contributed by atoms with E-state index >= 15 is 0 Å². The monoisotopic (exact) mass is 264 g/mol. The van der Waals surface area contributed by atoms with Gasteiger partial charge >= 0.3 is 0 Å². The van der Waals surface area contributed by atoms with Gasteiger partial charge in [0.05, 0.1) is 0 Å². The summed E-state index contributed by atoms with van der Waals surface area (Å²) in [7, 11) is 1.71. The van der Waals surface area contributed by atoms with Crippen LogP contribution in [0.1, 0.15) is 13.8 Å². The third kappa shape index (κ3) is 2.29. The molecule has 0 aromatic heterocycles. The lowest BCUT2D eigenvalue weighted by Crippen LogP contribution is -2.60. The number of hydrogen-bond acceptors (Lipinski definition) is 6. The Bertz CT molecular complexity index is 334. The van der Waals surface area contributed by atoms with Gasteiger partial charge in [0.1, 0.15) is 35.5 Å². The fraction of sp³-hybridized carbons (Fsp3) is 0.900. The number of fused-ring (bicyclic) bond motifs is 1. The summed E-state index contributed by atoms with van der Waals surface area (Å²) in [5, 5.41) is 23.3. The molecule has 2 aliphatic rings. The van der Waals surface area contributed by atoms with Crippen molar-refractivity contribution in [2.75, 3.05) is 7.05 Å². The molecule has 1 saturated heterocycles. The molecule has 0 saturated carbocycles. The van der Waals surface area contributed by atoms with Crippen molar-refractivity contribution >= 4 is 16.9 Å². The van der Waals surface area contributed by atoms with Gasteiger partial charge < -0.3 is 20.3 Å². The molecular formula is C10H17FN2O3S. The summed E-state index contributed by atoms with van der Waals surface area (Å²) in [4.78, 5) is 4.19. The molecule has 0 unspecified atom stereocenters. The molecule has 98 valence electrons. The van der Waals surface area contributed by atoms with Crippen LogP contribution in [0, 0.1) is 0 Å². The van der Waals surface area contributed by atoms with Crippen LogP contribution in [0.15, 0.2) is 4.99 Å². The van der Waals surface area contributed by atoms with E-state index in [1.54, 1.807) is 7.05 Å². The zero-order chi connectivity index (χ0) is 12.8. The summed E-state index contributed by atoms with van der Waals surface area (Å²) in [6.45, 7) is 2.65. The van der Waals surface area contributed by atoms with Gasteiger partial charge in [0.25, 0.3) is 0 Å². The minimum Gasteiger partial charge on any atom is -0.388 e. The fourth-order valence-corrected chi connectivity index (χ4v) is 3.11. The van der Waals surface area contributed by atoms with Gasteiger partial charge in [-0.2, -0.15) is 0 Å². The normalized spacial score (nSPS) is 42.0. The van der Waals surface area contributed by atoms with Crippen LogP contribution in [-0.2, 0) is 4.74 Å². The van der Waals surface area contributed by atoms with E-state index in [0.717, 1.165) is 0 Å². The van der Waals surface area contributed by atoms with E-state index in [1.807, 2.05) is 0 Å². The summed E-state index contributed by atoms with van der Waals surface area (Å²) >= 11 is 1.30. The van der Waals surface area contributed by atoms with Gasteiger partial charge in [0.2, 0.25) is 0 Å². The number of rotatable bonds is 1. The number of nitrogens with zero attached hydrogens (tertiary/aromatic N) is 1. The summed E-state index contributed by atoms with van der Waals surface area (Å²) in [5.74, 6) is 0. The molecule has 0 bridgehead atoms. The summed E-state index contributed by atoms with van der Waals surface area (Å²) in [6, 6.07) is -0.545. The lowest BCUT2D eigenvalue weighted by atomic mass is 9.90. The van der Waals surface area contributed by atoms with Crippen molar-refractivity contribution in [3.63, 3.8) is 0 Å². The second kappa shape index (κ2) is 4.38. The summed E-state index contributed by atoms with van der Waals surface area (Å²) in [6.07, 6.45) is -3.42. The van der Waals surface area contributed by atoms with Crippen molar-refractivity contribution in [2.45, 2.75) is 49.3 Å². The van der Waals surface area contributed by atoms with Gasteiger partial charge in [0, 0.05) is 7.05 Å². The molecule has 2 heterocycles. The van der Waals surface area contributed by atoms with Gasteiger partial charge in [-0.1, -0.05) is 11.8 Å². The van der Waals surface area contributed by atoms with E-state index in [9.17, 15) is 14.6 Å². The first-order chi connectivity index (χ1) is 7.84. The van der Waals surface area contributed by atoms with E-state index in [-0.39, 0.29) is 0 Å². The van der Waals surface area contributed by atoms with Gasteiger partial charge in [0.15, 0.2) is 5.17 Å². The molecule has 0 radical (unpaired) electrons. The maximum Gasteiger partial charge on any atom is 0.159 e. The topological polar surface area (TPSA) is 74.1 Å². The number of ether oxygens (including phenoxy) is 1. The third-order valence-corrected chi connectivity index (χ3v) is 4.11. The molecule has 0 aromatic rings. The first kappa shape index (κ1) is 13.1. The van der Waals surface area contributed by atoms with E-state index in [1.165, 1.54) is 25.6 Å². The highest BCUT2D eigenvalue weighted by Gasteiger charge is 2.52. The third-order valence-electron chi connectivity index (χ3n) is 2.95. The molecule has 0 amide bonds. The predicted molar refractivity (Wildman–Crippen MR) is 63.7 cm³/mol. The van der Waals surface area contributed by atoms with Crippen molar-refractivity contribution < 1.29 is 19.3 Å². The second-order valence-corrected chi connectivity index (χ2v) is 5.85. The molecule has 2 aliphatic heterocycles. The molecule has 0 spiro atoms. The second-order valence-electron chi connectivity index (χ2n) is 4.76. The average Bonchev–Trinajstić information content (AvgIpc) is 2.65. The number of thioether (sulfide) groups is 1. The predicted octanol–water partition coefficient (Wildman–Crippen LogP) is -0.128. The Morgan fingerprint density at radius 3 is 2.59 bits per heavy atom. The standard InChI is InChI=1S/C10H17FN2O3S/c1-10(2,11)7-6(15)5(14)4-8(16-7)17-9(12-3)13-4/h4-8,14-15H,1-3H3,(H,12,13)/t4-,5-,6+,7+,8-/m1/s1. The molecular weight excluding hydrogens is 247 g/mol. The van der Waals surface area contributed by atoms with E-state index in [4.69, 9.17) is 4.74 Å². The molecule has 1 fully saturated rings. The molecule has 0 aromatic carbocycles. The van der Waals surface area contributed by atoms with Crippen LogP contribution in [0.4, 0.5) is 4.39 Å². The highest BCUT2D eigenvalue weighted by molar-refractivity contribution is 8.14. The summed E-state index contributed by atoms with van der Waals surface area (Å²) in [5.41, 5.74) is -2.16. The number of hydrogen-bond donors (Lipinski definition) is 3. The Balaban J connectivity index is 2.18. The van der Waals surface area contributed by atoms with Crippen LogP contribution >= 0.6 is 11.8 Å². The van der Waals surface area contributed by atoms with Crippen LogP contribution in [0.25, 0.3) is 0 Å². The van der Waals surface area contributed by atoms with Gasteiger partial charge in [-0.25, -0.2) is 4.39 Å². The van der Waals surface area contributed by atoms with E-state index in [2.05, 4.69) is 10.3 Å². The lowest BCUT2D eigenvalue weighted by Gasteiger charge is -2.42. The Labute approximate surface area is 103 Å². The lowest BCUT2D eigenvalue weighted by molar-refractivity contribution is -0.191. The van der Waals surface area contributed by atoms with Gasteiger partial charge in [-0.3, -0.25) is 4.99 Å². The van der Waals surface area contributed by atoms with Crippen LogP contribution in [-0.4, -0.2) is 57.9 Å². The number of aliphatic imine (C=N–C) groups is 1. The van der Waals surface area contributed by atoms with Crippen LogP contribution in [0.3, 0.4) is 0 Å². The largest absolute Gasteiger partial charge is 0.388 e. The Morgan fingerprint density at radius 1 is 1.41 bits per heavy atom. The maximum atomic E-state index is 13.9. The average molecular weight is 264 g/mol. The summed E-state index contributed by atoms with van der Waals surface area (Å²) < 4.78 is 19.4. The quantitative estimate of drug-likeness (QED) is 0.615.